The summed E-state index contributed by atoms with van der Waals surface area (Å²) in [7, 11) is 2.03. The number of nitrogens with zero attached hydrogens (tertiary/aromatic N) is 1. The number of aliphatic hydroxyl groups is 1. The normalized spacial score (nSPS) is 12.2. The molecule has 1 aromatic carbocycles. The standard InChI is InChI=1S/C15H21NO2/c1-4-11-18-15-8-6-5-7-14(15)12-16(3)10-9-13(2)17/h1,5-8,13,17H,9-12H2,2-3H3. The van der Waals surface area contributed by atoms with Crippen molar-refractivity contribution in [3.8, 4) is 18.1 Å². The van der Waals surface area contributed by atoms with Crippen LogP contribution in [0.25, 0.3) is 0 Å². The van der Waals surface area contributed by atoms with Gasteiger partial charge in [0.1, 0.15) is 12.4 Å². The van der Waals surface area contributed by atoms with Gasteiger partial charge in [0.2, 0.25) is 0 Å². The molecule has 0 saturated carbocycles. The average Bonchev–Trinajstić information content (AvgIpc) is 2.35. The summed E-state index contributed by atoms with van der Waals surface area (Å²) in [5, 5.41) is 9.26. The SMILES string of the molecule is C#CCOc1ccccc1CN(C)CCC(C)O. The lowest BCUT2D eigenvalue weighted by molar-refractivity contribution is 0.162. The molecule has 1 unspecified atom stereocenters. The lowest BCUT2D eigenvalue weighted by Crippen LogP contribution is -2.22. The van der Waals surface area contributed by atoms with Crippen LogP contribution in [0.5, 0.6) is 5.75 Å². The molecule has 0 fully saturated rings. The Kier molecular flexibility index (Phi) is 6.27. The van der Waals surface area contributed by atoms with E-state index in [0.717, 1.165) is 30.8 Å². The van der Waals surface area contributed by atoms with Crippen LogP contribution in [0.15, 0.2) is 24.3 Å². The third kappa shape index (κ3) is 5.22. The molecule has 0 bridgehead atoms. The molecule has 18 heavy (non-hydrogen) atoms. The summed E-state index contributed by atoms with van der Waals surface area (Å²) in [6.07, 6.45) is 5.70. The molecule has 0 amide bonds. The zero-order valence-electron chi connectivity index (χ0n) is 11.1. The first-order valence-electron chi connectivity index (χ1n) is 6.14. The van der Waals surface area contributed by atoms with Gasteiger partial charge in [-0.15, -0.1) is 6.42 Å². The van der Waals surface area contributed by atoms with Gasteiger partial charge in [-0.1, -0.05) is 24.1 Å². The van der Waals surface area contributed by atoms with Crippen molar-refractivity contribution >= 4 is 0 Å². The Morgan fingerprint density at radius 1 is 1.44 bits per heavy atom. The minimum atomic E-state index is -0.264. The zero-order valence-corrected chi connectivity index (χ0v) is 11.1. The van der Waals surface area contributed by atoms with E-state index in [2.05, 4.69) is 10.8 Å². The summed E-state index contributed by atoms with van der Waals surface area (Å²) in [6, 6.07) is 7.88. The molecular formula is C15H21NO2. The molecule has 0 aliphatic carbocycles. The van der Waals surface area contributed by atoms with Crippen molar-refractivity contribution in [1.82, 2.24) is 4.90 Å². The maximum Gasteiger partial charge on any atom is 0.148 e. The van der Waals surface area contributed by atoms with Crippen molar-refractivity contribution < 1.29 is 9.84 Å². The summed E-state index contributed by atoms with van der Waals surface area (Å²) >= 11 is 0. The molecule has 0 aliphatic heterocycles. The van der Waals surface area contributed by atoms with Gasteiger partial charge in [-0.25, -0.2) is 0 Å². The minimum absolute atomic E-state index is 0.264. The molecule has 0 radical (unpaired) electrons. The van der Waals surface area contributed by atoms with E-state index in [1.165, 1.54) is 0 Å². The van der Waals surface area contributed by atoms with Crippen molar-refractivity contribution in [2.24, 2.45) is 0 Å². The largest absolute Gasteiger partial charge is 0.481 e. The van der Waals surface area contributed by atoms with E-state index in [9.17, 15) is 5.11 Å². The first-order chi connectivity index (χ1) is 8.63. The van der Waals surface area contributed by atoms with Crippen LogP contribution in [0.2, 0.25) is 0 Å². The number of aliphatic hydroxyl groups excluding tert-OH is 1. The van der Waals surface area contributed by atoms with Crippen LogP contribution in [0.1, 0.15) is 18.9 Å². The van der Waals surface area contributed by atoms with Crippen molar-refractivity contribution in [3.05, 3.63) is 29.8 Å². The Hall–Kier alpha value is -1.50. The number of ether oxygens (including phenoxy) is 1. The smallest absolute Gasteiger partial charge is 0.148 e. The van der Waals surface area contributed by atoms with Crippen molar-refractivity contribution in [1.29, 1.82) is 0 Å². The van der Waals surface area contributed by atoms with Gasteiger partial charge in [0.25, 0.3) is 0 Å². The molecule has 98 valence electrons. The van der Waals surface area contributed by atoms with Crippen LogP contribution in [-0.4, -0.2) is 36.3 Å². The summed E-state index contributed by atoms with van der Waals surface area (Å²) < 4.78 is 5.50. The quantitative estimate of drug-likeness (QED) is 0.747. The monoisotopic (exact) mass is 247 g/mol. The fraction of sp³-hybridized carbons (Fsp3) is 0.467. The molecule has 1 rings (SSSR count). The fourth-order valence-corrected chi connectivity index (χ4v) is 1.67. The van der Waals surface area contributed by atoms with E-state index in [0.29, 0.717) is 0 Å². The van der Waals surface area contributed by atoms with Gasteiger partial charge in [0, 0.05) is 18.7 Å². The van der Waals surface area contributed by atoms with Gasteiger partial charge < -0.3 is 14.7 Å². The van der Waals surface area contributed by atoms with Crippen molar-refractivity contribution in [2.45, 2.75) is 26.0 Å². The van der Waals surface area contributed by atoms with E-state index in [4.69, 9.17) is 11.2 Å². The minimum Gasteiger partial charge on any atom is -0.481 e. The molecule has 0 aliphatic rings. The van der Waals surface area contributed by atoms with Gasteiger partial charge in [-0.3, -0.25) is 0 Å². The average molecular weight is 247 g/mol. The molecule has 1 N–H and O–H groups in total. The van der Waals surface area contributed by atoms with Crippen LogP contribution in [0.3, 0.4) is 0 Å². The predicted octanol–water partition coefficient (Wildman–Crippen LogP) is 1.90. The second kappa shape index (κ2) is 7.75. The van der Waals surface area contributed by atoms with Crippen LogP contribution >= 0.6 is 0 Å². The van der Waals surface area contributed by atoms with E-state index in [1.54, 1.807) is 6.92 Å². The highest BCUT2D eigenvalue weighted by atomic mass is 16.5. The fourth-order valence-electron chi connectivity index (χ4n) is 1.67. The Balaban J connectivity index is 2.57. The molecular weight excluding hydrogens is 226 g/mol. The highest BCUT2D eigenvalue weighted by molar-refractivity contribution is 5.33. The summed E-state index contributed by atoms with van der Waals surface area (Å²) in [5.74, 6) is 3.30. The lowest BCUT2D eigenvalue weighted by Gasteiger charge is -2.19. The van der Waals surface area contributed by atoms with E-state index < -0.39 is 0 Å². The van der Waals surface area contributed by atoms with Crippen LogP contribution in [0, 0.1) is 12.3 Å². The second-order valence-electron chi connectivity index (χ2n) is 4.48. The number of hydrogen-bond acceptors (Lipinski definition) is 3. The van der Waals surface area contributed by atoms with E-state index in [1.807, 2.05) is 31.3 Å². The maximum atomic E-state index is 9.26. The highest BCUT2D eigenvalue weighted by Gasteiger charge is 2.07. The van der Waals surface area contributed by atoms with Crippen molar-refractivity contribution in [2.75, 3.05) is 20.2 Å². The van der Waals surface area contributed by atoms with Gasteiger partial charge in [-0.05, 0) is 26.5 Å². The predicted molar refractivity (Wildman–Crippen MR) is 73.4 cm³/mol. The zero-order chi connectivity index (χ0) is 13.4. The van der Waals surface area contributed by atoms with Crippen LogP contribution < -0.4 is 4.74 Å². The molecule has 1 aromatic rings. The molecule has 0 heterocycles. The van der Waals surface area contributed by atoms with Crippen LogP contribution in [-0.2, 0) is 6.54 Å². The summed E-state index contributed by atoms with van der Waals surface area (Å²) in [6.45, 7) is 3.72. The van der Waals surface area contributed by atoms with Gasteiger partial charge in [0.15, 0.2) is 0 Å². The third-order valence-corrected chi connectivity index (χ3v) is 2.65. The third-order valence-electron chi connectivity index (χ3n) is 2.65. The first kappa shape index (κ1) is 14.6. The number of terminal acetylenes is 1. The topological polar surface area (TPSA) is 32.7 Å². The first-order valence-corrected chi connectivity index (χ1v) is 6.14. The Morgan fingerprint density at radius 3 is 2.83 bits per heavy atom. The van der Waals surface area contributed by atoms with Crippen LogP contribution in [0.4, 0.5) is 0 Å². The molecule has 1 atom stereocenters. The molecule has 0 saturated heterocycles. The Bertz CT molecular complexity index is 396. The Morgan fingerprint density at radius 2 is 2.17 bits per heavy atom. The van der Waals surface area contributed by atoms with E-state index in [-0.39, 0.29) is 12.7 Å². The molecule has 3 nitrogen and oxygen atoms in total. The number of rotatable bonds is 7. The van der Waals surface area contributed by atoms with E-state index >= 15 is 0 Å². The van der Waals surface area contributed by atoms with Gasteiger partial charge >= 0.3 is 0 Å². The van der Waals surface area contributed by atoms with Crippen molar-refractivity contribution in [3.63, 3.8) is 0 Å². The molecule has 3 heteroatoms. The Labute approximate surface area is 109 Å². The highest BCUT2D eigenvalue weighted by Crippen LogP contribution is 2.19. The number of hydrogen-bond donors (Lipinski definition) is 1. The summed E-state index contributed by atoms with van der Waals surface area (Å²) in [5.41, 5.74) is 1.11. The molecule has 0 spiro atoms. The second-order valence-corrected chi connectivity index (χ2v) is 4.48. The lowest BCUT2D eigenvalue weighted by atomic mass is 10.2. The van der Waals surface area contributed by atoms with Gasteiger partial charge in [-0.2, -0.15) is 0 Å². The molecule has 0 aromatic heterocycles. The maximum absolute atomic E-state index is 9.26. The number of benzene rings is 1. The van der Waals surface area contributed by atoms with Gasteiger partial charge in [0.05, 0.1) is 6.10 Å². The summed E-state index contributed by atoms with van der Waals surface area (Å²) in [4.78, 5) is 2.16. The number of para-hydroxylation sites is 1.